The van der Waals surface area contributed by atoms with Crippen molar-refractivity contribution in [3.05, 3.63) is 96.8 Å². The maximum Gasteiger partial charge on any atom is 0.339 e. The summed E-state index contributed by atoms with van der Waals surface area (Å²) in [5.74, 6) is 0.606. The predicted octanol–water partition coefficient (Wildman–Crippen LogP) is 7.99. The summed E-state index contributed by atoms with van der Waals surface area (Å²) >= 11 is 18.2. The first kappa shape index (κ1) is 28.0. The third-order valence-corrected chi connectivity index (χ3v) is 7.23. The number of carbonyl (C=O) groups is 1. The van der Waals surface area contributed by atoms with Crippen LogP contribution in [0.3, 0.4) is 0 Å². The number of likely N-dealkylation sites (N-methyl/N-ethyl adjacent to an activating group) is 1. The minimum atomic E-state index is -0.457. The van der Waals surface area contributed by atoms with Crippen molar-refractivity contribution < 1.29 is 13.9 Å². The van der Waals surface area contributed by atoms with Crippen LogP contribution in [0.5, 0.6) is 11.5 Å². The fourth-order valence-electron chi connectivity index (χ4n) is 4.23. The van der Waals surface area contributed by atoms with E-state index in [1.807, 2.05) is 19.1 Å². The van der Waals surface area contributed by atoms with Crippen LogP contribution in [0.15, 0.2) is 63.8 Å². The van der Waals surface area contributed by atoms with Crippen molar-refractivity contribution in [1.82, 2.24) is 4.90 Å². The molecule has 0 radical (unpaired) electrons. The molecule has 9 heteroatoms. The van der Waals surface area contributed by atoms with Crippen molar-refractivity contribution in [2.24, 2.45) is 0 Å². The van der Waals surface area contributed by atoms with Crippen LogP contribution in [-0.2, 0) is 6.42 Å². The van der Waals surface area contributed by atoms with Crippen LogP contribution in [0.2, 0.25) is 15.1 Å². The summed E-state index contributed by atoms with van der Waals surface area (Å²) in [4.78, 5) is 27.7. The lowest BCUT2D eigenvalue weighted by atomic mass is 10.0. The molecule has 0 atom stereocenters. The number of hydrogen-bond donors (Lipinski definition) is 1. The summed E-state index contributed by atoms with van der Waals surface area (Å²) in [6.07, 6.45) is 0.642. The number of carbonyl (C=O) groups excluding carboxylic acids is 1. The van der Waals surface area contributed by atoms with Gasteiger partial charge in [-0.25, -0.2) is 4.79 Å². The quantitative estimate of drug-likeness (QED) is 0.205. The molecule has 0 saturated heterocycles. The molecule has 0 aliphatic rings. The van der Waals surface area contributed by atoms with Crippen molar-refractivity contribution >= 4 is 57.4 Å². The molecule has 0 unspecified atom stereocenters. The minimum Gasteiger partial charge on any atom is -0.457 e. The van der Waals surface area contributed by atoms with E-state index in [1.165, 1.54) is 12.1 Å². The van der Waals surface area contributed by atoms with E-state index >= 15 is 0 Å². The lowest BCUT2D eigenvalue weighted by Gasteiger charge is -2.18. The molecule has 4 rings (SSSR count). The number of nitrogens with one attached hydrogen (secondary N) is 1. The maximum atomic E-state index is 12.7. The van der Waals surface area contributed by atoms with Gasteiger partial charge in [-0.15, -0.1) is 0 Å². The molecule has 1 amide bonds. The van der Waals surface area contributed by atoms with E-state index in [2.05, 4.69) is 24.1 Å². The Morgan fingerprint density at radius 2 is 1.58 bits per heavy atom. The number of amides is 1. The zero-order valence-electron chi connectivity index (χ0n) is 21.2. The standard InChI is InChI=1S/C29H27Cl3N2O4/c1-4-34(5-2)13-12-23-17(3)22-11-10-21(16-26(22)38-29(23)36)37-20-8-6-19(7-9-20)33-28(35)27-24(31)14-18(30)15-25(27)32/h6-11,14-16H,4-5,12-13H2,1-3H3,(H,33,35). The first-order valence-electron chi connectivity index (χ1n) is 12.2. The molecule has 198 valence electrons. The highest BCUT2D eigenvalue weighted by Gasteiger charge is 2.17. The van der Waals surface area contributed by atoms with Crippen molar-refractivity contribution in [1.29, 1.82) is 0 Å². The van der Waals surface area contributed by atoms with Crippen molar-refractivity contribution in [2.75, 3.05) is 25.0 Å². The molecule has 1 aromatic heterocycles. The second-order valence-corrected chi connectivity index (χ2v) is 10.0. The SMILES string of the molecule is CCN(CC)CCc1c(C)c2ccc(Oc3ccc(NC(=O)c4c(Cl)cc(Cl)cc4Cl)cc3)cc2oc1=O. The zero-order valence-corrected chi connectivity index (χ0v) is 23.5. The monoisotopic (exact) mass is 572 g/mol. The first-order valence-corrected chi connectivity index (χ1v) is 13.4. The van der Waals surface area contributed by atoms with E-state index in [4.69, 9.17) is 44.0 Å². The molecule has 0 spiro atoms. The number of fused-ring (bicyclic) bond motifs is 1. The first-order chi connectivity index (χ1) is 18.2. The summed E-state index contributed by atoms with van der Waals surface area (Å²) < 4.78 is 11.6. The maximum absolute atomic E-state index is 12.7. The Balaban J connectivity index is 1.48. The van der Waals surface area contributed by atoms with Crippen LogP contribution in [0, 0.1) is 6.92 Å². The number of aryl methyl sites for hydroxylation is 1. The minimum absolute atomic E-state index is 0.141. The van der Waals surface area contributed by atoms with E-state index in [1.54, 1.807) is 30.3 Å². The molecule has 0 aliphatic heterocycles. The number of ether oxygens (including phenoxy) is 1. The van der Waals surface area contributed by atoms with Crippen LogP contribution in [-0.4, -0.2) is 30.4 Å². The summed E-state index contributed by atoms with van der Waals surface area (Å²) in [6, 6.07) is 15.2. The third-order valence-electron chi connectivity index (χ3n) is 6.41. The average Bonchev–Trinajstić information content (AvgIpc) is 2.86. The van der Waals surface area contributed by atoms with Crippen LogP contribution in [0.4, 0.5) is 5.69 Å². The smallest absolute Gasteiger partial charge is 0.339 e. The molecular formula is C29H27Cl3N2O4. The summed E-state index contributed by atoms with van der Waals surface area (Å²) in [5, 5.41) is 4.30. The Bertz CT molecular complexity index is 1510. The van der Waals surface area contributed by atoms with E-state index < -0.39 is 5.91 Å². The Hall–Kier alpha value is -3.03. The summed E-state index contributed by atoms with van der Waals surface area (Å²) in [5.41, 5.74) is 2.45. The van der Waals surface area contributed by atoms with Gasteiger partial charge in [0.05, 0.1) is 15.6 Å². The van der Waals surface area contributed by atoms with Crippen molar-refractivity contribution in [3.63, 3.8) is 0 Å². The molecular weight excluding hydrogens is 547 g/mol. The van der Waals surface area contributed by atoms with Gasteiger partial charge < -0.3 is 19.4 Å². The summed E-state index contributed by atoms with van der Waals surface area (Å²) in [6.45, 7) is 8.85. The van der Waals surface area contributed by atoms with Crippen LogP contribution in [0.1, 0.15) is 35.3 Å². The number of halogens is 3. The Kier molecular flexibility index (Phi) is 9.00. The molecule has 0 saturated carbocycles. The highest BCUT2D eigenvalue weighted by Crippen LogP contribution is 2.31. The molecule has 0 fully saturated rings. The van der Waals surface area contributed by atoms with E-state index in [0.717, 1.165) is 30.6 Å². The fraction of sp³-hybridized carbons (Fsp3) is 0.241. The highest BCUT2D eigenvalue weighted by atomic mass is 35.5. The van der Waals surface area contributed by atoms with Gasteiger partial charge in [-0.3, -0.25) is 4.79 Å². The molecule has 38 heavy (non-hydrogen) atoms. The molecule has 0 bridgehead atoms. The topological polar surface area (TPSA) is 71.8 Å². The number of benzene rings is 3. The van der Waals surface area contributed by atoms with Gasteiger partial charge >= 0.3 is 5.63 Å². The van der Waals surface area contributed by atoms with Gasteiger partial charge in [0.25, 0.3) is 5.91 Å². The lowest BCUT2D eigenvalue weighted by Crippen LogP contribution is -2.27. The van der Waals surface area contributed by atoms with Crippen LogP contribution >= 0.6 is 34.8 Å². The normalized spacial score (nSPS) is 11.2. The summed E-state index contributed by atoms with van der Waals surface area (Å²) in [7, 11) is 0. The van der Waals surface area contributed by atoms with Gasteiger partial charge in [0.1, 0.15) is 17.1 Å². The average molecular weight is 574 g/mol. The van der Waals surface area contributed by atoms with E-state index in [-0.39, 0.29) is 21.2 Å². The third kappa shape index (κ3) is 6.33. The van der Waals surface area contributed by atoms with Crippen molar-refractivity contribution in [2.45, 2.75) is 27.2 Å². The van der Waals surface area contributed by atoms with Crippen LogP contribution < -0.4 is 15.7 Å². The molecule has 4 aromatic rings. The van der Waals surface area contributed by atoms with Gasteiger partial charge in [0, 0.05) is 34.3 Å². The second-order valence-electron chi connectivity index (χ2n) is 8.75. The fourth-order valence-corrected chi connectivity index (χ4v) is 5.22. The largest absolute Gasteiger partial charge is 0.457 e. The number of hydrogen-bond acceptors (Lipinski definition) is 5. The number of rotatable bonds is 9. The van der Waals surface area contributed by atoms with E-state index in [9.17, 15) is 9.59 Å². The molecule has 1 N–H and O–H groups in total. The molecule has 1 heterocycles. The van der Waals surface area contributed by atoms with Gasteiger partial charge in [-0.2, -0.15) is 0 Å². The van der Waals surface area contributed by atoms with Crippen LogP contribution in [0.25, 0.3) is 11.0 Å². The molecule has 6 nitrogen and oxygen atoms in total. The van der Waals surface area contributed by atoms with Gasteiger partial charge in [-0.1, -0.05) is 48.7 Å². The van der Waals surface area contributed by atoms with Crippen molar-refractivity contribution in [3.8, 4) is 11.5 Å². The number of anilines is 1. The Morgan fingerprint density at radius 1 is 0.947 bits per heavy atom. The number of nitrogens with zero attached hydrogens (tertiary/aromatic N) is 1. The molecule has 0 aliphatic carbocycles. The van der Waals surface area contributed by atoms with Gasteiger partial charge in [-0.05, 0) is 80.5 Å². The Morgan fingerprint density at radius 3 is 2.21 bits per heavy atom. The molecule has 3 aromatic carbocycles. The van der Waals surface area contributed by atoms with Gasteiger partial charge in [0.2, 0.25) is 0 Å². The zero-order chi connectivity index (χ0) is 27.4. The highest BCUT2D eigenvalue weighted by molar-refractivity contribution is 6.42. The lowest BCUT2D eigenvalue weighted by molar-refractivity contribution is 0.102. The van der Waals surface area contributed by atoms with E-state index in [0.29, 0.717) is 39.8 Å². The Labute approximate surface area is 236 Å². The predicted molar refractivity (Wildman–Crippen MR) is 155 cm³/mol. The second kappa shape index (κ2) is 12.2. The van der Waals surface area contributed by atoms with Gasteiger partial charge in [0.15, 0.2) is 0 Å².